The minimum Gasteiger partial charge on any atom is -0.459 e. The molecule has 0 radical (unpaired) electrons. The standard InChI is InChI=1S/C37H47N7O2/c1-7-34(45)44-20-19-43(23-30(44)21-38-5)36-31-17-18-42(33-16-10-15-29-14-8-11-25(2)35(29)33)24-32(31)39-37(40-36)46-26(3)22-41(6)27(4)28-12-9-13-28/h7-8,10-11,14-16,26-28,30H,1,9,12-13,17-24H2,2-4,6H3/t26-,27-,30+/m1/s1. The molecule has 3 aliphatic rings. The van der Waals surface area contributed by atoms with Crippen LogP contribution in [-0.4, -0.2) is 90.2 Å². The van der Waals surface area contributed by atoms with Crippen LogP contribution in [0.15, 0.2) is 49.1 Å². The summed E-state index contributed by atoms with van der Waals surface area (Å²) in [5.41, 5.74) is 4.59. The fourth-order valence-electron chi connectivity index (χ4n) is 7.47. The largest absolute Gasteiger partial charge is 0.459 e. The molecule has 6 rings (SSSR count). The van der Waals surface area contributed by atoms with Crippen molar-refractivity contribution >= 4 is 28.2 Å². The first-order valence-electron chi connectivity index (χ1n) is 16.8. The highest BCUT2D eigenvalue weighted by Gasteiger charge is 2.35. The van der Waals surface area contributed by atoms with E-state index >= 15 is 0 Å². The number of aryl methyl sites for hydroxylation is 1. The Bertz CT molecular complexity index is 1620. The first kappa shape index (κ1) is 31.8. The van der Waals surface area contributed by atoms with Crippen LogP contribution < -0.4 is 14.5 Å². The Kier molecular flexibility index (Phi) is 9.46. The van der Waals surface area contributed by atoms with Crippen molar-refractivity contribution in [2.75, 3.05) is 56.1 Å². The Labute approximate surface area is 273 Å². The lowest BCUT2D eigenvalue weighted by molar-refractivity contribution is -0.128. The van der Waals surface area contributed by atoms with Crippen LogP contribution in [0, 0.1) is 19.4 Å². The van der Waals surface area contributed by atoms with Crippen LogP contribution in [0.4, 0.5) is 11.5 Å². The van der Waals surface area contributed by atoms with E-state index in [1.807, 2.05) is 0 Å². The first-order valence-corrected chi connectivity index (χ1v) is 16.8. The molecule has 1 amide bonds. The Hall–Kier alpha value is -4.16. The average molecular weight is 622 g/mol. The molecule has 9 nitrogen and oxygen atoms in total. The molecule has 3 aromatic rings. The number of anilines is 2. The van der Waals surface area contributed by atoms with E-state index in [2.05, 4.69) is 90.3 Å². The second-order valence-electron chi connectivity index (χ2n) is 13.4. The zero-order valence-corrected chi connectivity index (χ0v) is 27.8. The van der Waals surface area contributed by atoms with E-state index in [9.17, 15) is 4.79 Å². The van der Waals surface area contributed by atoms with Gasteiger partial charge in [0, 0.05) is 55.4 Å². The average Bonchev–Trinajstić information content (AvgIpc) is 3.02. The number of fused-ring (bicyclic) bond motifs is 2. The van der Waals surface area contributed by atoms with Crippen LogP contribution in [-0.2, 0) is 17.8 Å². The lowest BCUT2D eigenvalue weighted by Crippen LogP contribution is -2.56. The molecule has 1 aromatic heterocycles. The number of aromatic nitrogens is 2. The molecule has 2 aliphatic heterocycles. The molecule has 46 heavy (non-hydrogen) atoms. The number of benzene rings is 2. The molecule has 2 fully saturated rings. The molecule has 1 saturated heterocycles. The maximum absolute atomic E-state index is 12.6. The van der Waals surface area contributed by atoms with Gasteiger partial charge in [0.05, 0.1) is 12.2 Å². The Morgan fingerprint density at radius 3 is 2.65 bits per heavy atom. The summed E-state index contributed by atoms with van der Waals surface area (Å²) in [5.74, 6) is 1.51. The molecular formula is C37H47N7O2. The van der Waals surface area contributed by atoms with Crippen molar-refractivity contribution in [1.29, 1.82) is 0 Å². The van der Waals surface area contributed by atoms with Crippen LogP contribution in [0.1, 0.15) is 49.9 Å². The third-order valence-electron chi connectivity index (χ3n) is 10.4. The molecule has 242 valence electrons. The third-order valence-corrected chi connectivity index (χ3v) is 10.4. The highest BCUT2D eigenvalue weighted by atomic mass is 16.5. The van der Waals surface area contributed by atoms with Crippen molar-refractivity contribution in [3.63, 3.8) is 0 Å². The van der Waals surface area contributed by atoms with Crippen LogP contribution in [0.2, 0.25) is 0 Å². The molecule has 1 aliphatic carbocycles. The fraction of sp³-hybridized carbons (Fsp3) is 0.514. The summed E-state index contributed by atoms with van der Waals surface area (Å²) in [6.07, 6.45) is 6.01. The van der Waals surface area contributed by atoms with Crippen LogP contribution in [0.25, 0.3) is 15.6 Å². The van der Waals surface area contributed by atoms with Crippen molar-refractivity contribution in [3.05, 3.63) is 77.3 Å². The number of carbonyl (C=O) groups excluding carboxylic acids is 1. The molecular weight excluding hydrogens is 574 g/mol. The van der Waals surface area contributed by atoms with Gasteiger partial charge < -0.3 is 24.3 Å². The number of rotatable bonds is 10. The van der Waals surface area contributed by atoms with Crippen molar-refractivity contribution in [2.24, 2.45) is 5.92 Å². The molecule has 0 spiro atoms. The van der Waals surface area contributed by atoms with Gasteiger partial charge in [-0.25, -0.2) is 6.57 Å². The summed E-state index contributed by atoms with van der Waals surface area (Å²) in [5, 5.41) is 2.52. The molecule has 1 saturated carbocycles. The highest BCUT2D eigenvalue weighted by molar-refractivity contribution is 5.97. The van der Waals surface area contributed by atoms with E-state index in [4.69, 9.17) is 21.3 Å². The summed E-state index contributed by atoms with van der Waals surface area (Å²) >= 11 is 0. The number of piperazine rings is 1. The molecule has 3 atom stereocenters. The van der Waals surface area contributed by atoms with E-state index in [1.165, 1.54) is 47.4 Å². The van der Waals surface area contributed by atoms with Gasteiger partial charge >= 0.3 is 6.01 Å². The number of hydrogen-bond donors (Lipinski definition) is 0. The van der Waals surface area contributed by atoms with Gasteiger partial charge in [-0.1, -0.05) is 43.3 Å². The molecule has 0 N–H and O–H groups in total. The monoisotopic (exact) mass is 621 g/mol. The molecule has 2 aromatic carbocycles. The number of hydrogen-bond acceptors (Lipinski definition) is 7. The van der Waals surface area contributed by atoms with Crippen LogP contribution >= 0.6 is 0 Å². The summed E-state index contributed by atoms with van der Waals surface area (Å²) in [6, 6.07) is 13.7. The minimum absolute atomic E-state index is 0.0873. The number of amides is 1. The quantitative estimate of drug-likeness (QED) is 0.218. The number of likely N-dealkylation sites (N-methyl/N-ethyl adjacent to an activating group) is 1. The van der Waals surface area contributed by atoms with E-state index < -0.39 is 0 Å². The number of ether oxygens (including phenoxy) is 1. The summed E-state index contributed by atoms with van der Waals surface area (Å²) in [7, 11) is 2.19. The third kappa shape index (κ3) is 6.41. The number of carbonyl (C=O) groups is 1. The summed E-state index contributed by atoms with van der Waals surface area (Å²) in [4.78, 5) is 35.3. The molecule has 0 bridgehead atoms. The van der Waals surface area contributed by atoms with Crippen molar-refractivity contribution in [2.45, 2.75) is 71.2 Å². The van der Waals surface area contributed by atoms with E-state index in [-0.39, 0.29) is 24.6 Å². The van der Waals surface area contributed by atoms with Gasteiger partial charge in [0.25, 0.3) is 0 Å². The van der Waals surface area contributed by atoms with E-state index in [0.717, 1.165) is 42.5 Å². The van der Waals surface area contributed by atoms with Gasteiger partial charge in [-0.05, 0) is 76.1 Å². The smallest absolute Gasteiger partial charge is 0.318 e. The van der Waals surface area contributed by atoms with Gasteiger partial charge in [-0.2, -0.15) is 9.97 Å². The van der Waals surface area contributed by atoms with E-state index in [0.29, 0.717) is 38.2 Å². The summed E-state index contributed by atoms with van der Waals surface area (Å²) in [6.45, 7) is 22.0. The summed E-state index contributed by atoms with van der Waals surface area (Å²) < 4.78 is 6.51. The fourth-order valence-corrected chi connectivity index (χ4v) is 7.47. The Morgan fingerprint density at radius 1 is 1.15 bits per heavy atom. The Morgan fingerprint density at radius 2 is 1.93 bits per heavy atom. The van der Waals surface area contributed by atoms with Crippen molar-refractivity contribution < 1.29 is 9.53 Å². The highest BCUT2D eigenvalue weighted by Crippen LogP contribution is 2.36. The number of nitrogens with zero attached hydrogens (tertiary/aromatic N) is 7. The first-order chi connectivity index (χ1) is 22.3. The van der Waals surface area contributed by atoms with E-state index in [1.54, 1.807) is 4.90 Å². The lowest BCUT2D eigenvalue weighted by Gasteiger charge is -2.41. The zero-order valence-electron chi connectivity index (χ0n) is 27.8. The SMILES string of the molecule is [C-]#[N+]C[C@H]1CN(c2nc(O[C@H](C)CN(C)[C@H](C)C3CCC3)nc3c2CCN(c2cccc4cccc(C)c24)C3)CCN1C(=O)C=C. The maximum atomic E-state index is 12.6. The predicted octanol–water partition coefficient (Wildman–Crippen LogP) is 5.51. The Balaban J connectivity index is 1.31. The lowest BCUT2D eigenvalue weighted by atomic mass is 9.80. The van der Waals surface area contributed by atoms with Gasteiger partial charge in [0.2, 0.25) is 12.5 Å². The normalized spacial score (nSPS) is 19.7. The van der Waals surface area contributed by atoms with Crippen molar-refractivity contribution in [1.82, 2.24) is 19.8 Å². The second kappa shape index (κ2) is 13.7. The molecule has 0 unspecified atom stereocenters. The zero-order chi connectivity index (χ0) is 32.4. The minimum atomic E-state index is -0.231. The van der Waals surface area contributed by atoms with Gasteiger partial charge in [-0.15, -0.1) is 0 Å². The van der Waals surface area contributed by atoms with Gasteiger partial charge in [-0.3, -0.25) is 9.69 Å². The molecule has 9 heteroatoms. The predicted molar refractivity (Wildman–Crippen MR) is 184 cm³/mol. The second-order valence-corrected chi connectivity index (χ2v) is 13.4. The van der Waals surface area contributed by atoms with Crippen molar-refractivity contribution in [3.8, 4) is 6.01 Å². The topological polar surface area (TPSA) is 69.4 Å². The van der Waals surface area contributed by atoms with Gasteiger partial charge in [0.1, 0.15) is 18.0 Å². The molecule has 3 heterocycles. The van der Waals surface area contributed by atoms with Gasteiger partial charge in [0.15, 0.2) is 0 Å². The maximum Gasteiger partial charge on any atom is 0.318 e. The van der Waals surface area contributed by atoms with Crippen LogP contribution in [0.5, 0.6) is 6.01 Å². The van der Waals surface area contributed by atoms with Crippen LogP contribution in [0.3, 0.4) is 0 Å².